The number of para-hydroxylation sites is 1. The van der Waals surface area contributed by atoms with E-state index in [0.717, 1.165) is 12.8 Å². The maximum atomic E-state index is 13.6. The first-order chi connectivity index (χ1) is 9.51. The number of carbonyl (C=O) groups excluding carboxylic acids is 1. The third-order valence-corrected chi connectivity index (χ3v) is 3.92. The molecule has 1 aromatic carbocycles. The fourth-order valence-electron chi connectivity index (χ4n) is 3.19. The zero-order valence-electron chi connectivity index (χ0n) is 11.9. The van der Waals surface area contributed by atoms with Crippen molar-refractivity contribution >= 4 is 11.6 Å². The summed E-state index contributed by atoms with van der Waals surface area (Å²) in [5, 5.41) is 3.00. The van der Waals surface area contributed by atoms with Crippen molar-refractivity contribution in [3.8, 4) is 0 Å². The molecule has 1 aliphatic carbocycles. The van der Waals surface area contributed by atoms with Crippen molar-refractivity contribution in [1.82, 2.24) is 5.32 Å². The van der Waals surface area contributed by atoms with Crippen molar-refractivity contribution in [1.29, 1.82) is 0 Å². The summed E-state index contributed by atoms with van der Waals surface area (Å²) in [6, 6.07) is 4.51. The number of amides is 1. The Morgan fingerprint density at radius 1 is 1.25 bits per heavy atom. The monoisotopic (exact) mass is 279 g/mol. The highest BCUT2D eigenvalue weighted by molar-refractivity contribution is 5.99. The van der Waals surface area contributed by atoms with Crippen LogP contribution in [0.25, 0.3) is 0 Å². The van der Waals surface area contributed by atoms with Gasteiger partial charge in [0.15, 0.2) is 0 Å². The van der Waals surface area contributed by atoms with Crippen LogP contribution in [0.15, 0.2) is 18.2 Å². The summed E-state index contributed by atoms with van der Waals surface area (Å²) in [5.74, 6) is 5.70. The summed E-state index contributed by atoms with van der Waals surface area (Å²) in [6.07, 6.45) is 3.13. The number of hydrogen-bond donors (Lipinski definition) is 3. The number of nitrogens with two attached hydrogens (primary N) is 1. The van der Waals surface area contributed by atoms with Crippen LogP contribution in [0.3, 0.4) is 0 Å². The largest absolute Gasteiger partial charge is 0.349 e. The first-order valence-corrected chi connectivity index (χ1v) is 7.07. The summed E-state index contributed by atoms with van der Waals surface area (Å²) in [5.41, 5.74) is 2.56. The SMILES string of the molecule is CC1CC(C)CC(NC(=O)c2cccc(F)c2NN)C1. The van der Waals surface area contributed by atoms with E-state index in [2.05, 4.69) is 24.6 Å². The molecule has 1 saturated carbocycles. The predicted octanol–water partition coefficient (Wildman–Crippen LogP) is 2.67. The topological polar surface area (TPSA) is 67.2 Å². The van der Waals surface area contributed by atoms with E-state index in [1.807, 2.05) is 0 Å². The highest BCUT2D eigenvalue weighted by Gasteiger charge is 2.26. The van der Waals surface area contributed by atoms with Gasteiger partial charge in [-0.1, -0.05) is 19.9 Å². The van der Waals surface area contributed by atoms with Crippen molar-refractivity contribution in [3.05, 3.63) is 29.6 Å². The van der Waals surface area contributed by atoms with Crippen molar-refractivity contribution in [3.63, 3.8) is 0 Å². The van der Waals surface area contributed by atoms with Crippen LogP contribution in [0.4, 0.5) is 10.1 Å². The van der Waals surface area contributed by atoms with E-state index in [1.54, 1.807) is 6.07 Å². The number of hydrogen-bond acceptors (Lipinski definition) is 3. The van der Waals surface area contributed by atoms with E-state index >= 15 is 0 Å². The molecule has 1 aromatic rings. The lowest BCUT2D eigenvalue weighted by atomic mass is 9.80. The molecule has 0 aromatic heterocycles. The molecule has 5 heteroatoms. The van der Waals surface area contributed by atoms with Crippen molar-refractivity contribution in [2.45, 2.75) is 39.2 Å². The molecule has 110 valence electrons. The molecule has 1 fully saturated rings. The minimum atomic E-state index is -0.523. The Hall–Kier alpha value is -1.62. The van der Waals surface area contributed by atoms with Crippen LogP contribution in [0.5, 0.6) is 0 Å². The normalized spacial score (nSPS) is 26.1. The average molecular weight is 279 g/mol. The summed E-state index contributed by atoms with van der Waals surface area (Å²) in [4.78, 5) is 12.3. The van der Waals surface area contributed by atoms with Gasteiger partial charge in [0.05, 0.1) is 11.3 Å². The molecule has 0 heterocycles. The molecule has 1 aliphatic rings. The molecule has 0 spiro atoms. The van der Waals surface area contributed by atoms with E-state index in [-0.39, 0.29) is 23.2 Å². The maximum Gasteiger partial charge on any atom is 0.253 e. The molecule has 4 nitrogen and oxygen atoms in total. The molecule has 2 rings (SSSR count). The Morgan fingerprint density at radius 3 is 2.50 bits per heavy atom. The molecule has 20 heavy (non-hydrogen) atoms. The Kier molecular flexibility index (Phi) is 4.60. The van der Waals surface area contributed by atoms with E-state index in [1.165, 1.54) is 18.6 Å². The fraction of sp³-hybridized carbons (Fsp3) is 0.533. The lowest BCUT2D eigenvalue weighted by Gasteiger charge is -2.32. The van der Waals surface area contributed by atoms with Crippen LogP contribution in [0.2, 0.25) is 0 Å². The number of anilines is 1. The molecule has 0 radical (unpaired) electrons. The second-order valence-corrected chi connectivity index (χ2v) is 5.89. The molecular formula is C15H22FN3O. The molecule has 2 atom stereocenters. The van der Waals surface area contributed by atoms with Gasteiger partial charge in [-0.05, 0) is 43.2 Å². The Bertz CT molecular complexity index is 482. The van der Waals surface area contributed by atoms with Crippen LogP contribution in [-0.4, -0.2) is 11.9 Å². The highest BCUT2D eigenvalue weighted by atomic mass is 19.1. The second-order valence-electron chi connectivity index (χ2n) is 5.89. The van der Waals surface area contributed by atoms with Gasteiger partial charge in [-0.2, -0.15) is 0 Å². The zero-order chi connectivity index (χ0) is 14.7. The number of rotatable bonds is 3. The Balaban J connectivity index is 2.10. The van der Waals surface area contributed by atoms with Gasteiger partial charge in [-0.15, -0.1) is 0 Å². The lowest BCUT2D eigenvalue weighted by molar-refractivity contribution is 0.0911. The van der Waals surface area contributed by atoms with Gasteiger partial charge in [0, 0.05) is 6.04 Å². The van der Waals surface area contributed by atoms with E-state index < -0.39 is 5.82 Å². The highest BCUT2D eigenvalue weighted by Crippen LogP contribution is 2.29. The number of nitrogen functional groups attached to an aromatic ring is 1. The van der Waals surface area contributed by atoms with Crippen LogP contribution in [-0.2, 0) is 0 Å². The summed E-state index contributed by atoms with van der Waals surface area (Å²) < 4.78 is 13.6. The van der Waals surface area contributed by atoms with Gasteiger partial charge < -0.3 is 10.7 Å². The van der Waals surface area contributed by atoms with E-state index in [4.69, 9.17) is 5.84 Å². The zero-order valence-corrected chi connectivity index (χ0v) is 11.9. The fourth-order valence-corrected chi connectivity index (χ4v) is 3.19. The lowest BCUT2D eigenvalue weighted by Crippen LogP contribution is -2.40. The summed E-state index contributed by atoms with van der Waals surface area (Å²) >= 11 is 0. The minimum absolute atomic E-state index is 0.0434. The molecule has 4 N–H and O–H groups in total. The molecule has 2 unspecified atom stereocenters. The van der Waals surface area contributed by atoms with Gasteiger partial charge in [0.2, 0.25) is 0 Å². The average Bonchev–Trinajstić information content (AvgIpc) is 2.37. The van der Waals surface area contributed by atoms with Crippen molar-refractivity contribution in [2.24, 2.45) is 17.7 Å². The molecule has 0 saturated heterocycles. The van der Waals surface area contributed by atoms with Crippen LogP contribution in [0, 0.1) is 17.7 Å². The van der Waals surface area contributed by atoms with Gasteiger partial charge in [-0.3, -0.25) is 10.6 Å². The third kappa shape index (κ3) is 3.28. The van der Waals surface area contributed by atoms with Crippen molar-refractivity contribution in [2.75, 3.05) is 5.43 Å². The van der Waals surface area contributed by atoms with Crippen LogP contribution in [0.1, 0.15) is 43.5 Å². The minimum Gasteiger partial charge on any atom is -0.349 e. The van der Waals surface area contributed by atoms with Crippen molar-refractivity contribution < 1.29 is 9.18 Å². The number of nitrogens with one attached hydrogen (secondary N) is 2. The first-order valence-electron chi connectivity index (χ1n) is 7.07. The van der Waals surface area contributed by atoms with Crippen LogP contribution < -0.4 is 16.6 Å². The van der Waals surface area contributed by atoms with Gasteiger partial charge in [-0.25, -0.2) is 4.39 Å². The van der Waals surface area contributed by atoms with Gasteiger partial charge in [0.1, 0.15) is 5.82 Å². The molecule has 0 bridgehead atoms. The van der Waals surface area contributed by atoms with E-state index in [9.17, 15) is 9.18 Å². The smallest absolute Gasteiger partial charge is 0.253 e. The third-order valence-electron chi connectivity index (χ3n) is 3.92. The summed E-state index contributed by atoms with van der Waals surface area (Å²) in [7, 11) is 0. The van der Waals surface area contributed by atoms with Gasteiger partial charge >= 0.3 is 0 Å². The first kappa shape index (κ1) is 14.8. The Morgan fingerprint density at radius 2 is 1.90 bits per heavy atom. The quantitative estimate of drug-likeness (QED) is 0.588. The Labute approximate surface area is 118 Å². The van der Waals surface area contributed by atoms with Gasteiger partial charge in [0.25, 0.3) is 5.91 Å². The number of halogens is 1. The summed E-state index contributed by atoms with van der Waals surface area (Å²) in [6.45, 7) is 4.40. The van der Waals surface area contributed by atoms with E-state index in [0.29, 0.717) is 11.8 Å². The molecular weight excluding hydrogens is 257 g/mol. The standard InChI is InChI=1S/C15H22FN3O/c1-9-6-10(2)8-11(7-9)18-15(20)12-4-3-5-13(16)14(12)19-17/h3-5,9-11,19H,6-8,17H2,1-2H3,(H,18,20). The second kappa shape index (κ2) is 6.22. The molecule has 1 amide bonds. The number of benzene rings is 1. The molecule has 0 aliphatic heterocycles. The number of hydrazine groups is 1. The number of carbonyl (C=O) groups is 1. The predicted molar refractivity (Wildman–Crippen MR) is 77.6 cm³/mol. The maximum absolute atomic E-state index is 13.6. The van der Waals surface area contributed by atoms with Crippen LogP contribution >= 0.6 is 0 Å².